The number of hydrogen-bond acceptors (Lipinski definition) is 4. The van der Waals surface area contributed by atoms with E-state index in [2.05, 4.69) is 15.3 Å². The fraction of sp³-hybridized carbons (Fsp3) is 0.444. The van der Waals surface area contributed by atoms with Crippen LogP contribution in [-0.2, 0) is 7.05 Å². The van der Waals surface area contributed by atoms with E-state index < -0.39 is 0 Å². The molecular weight excluding hydrogens is 304 g/mol. The van der Waals surface area contributed by atoms with Gasteiger partial charge in [0.05, 0.1) is 7.11 Å². The average Bonchev–Trinajstić information content (AvgIpc) is 2.79. The molecule has 2 aromatic rings. The van der Waals surface area contributed by atoms with Gasteiger partial charge in [0.15, 0.2) is 5.82 Å². The highest BCUT2D eigenvalue weighted by Crippen LogP contribution is 2.21. The van der Waals surface area contributed by atoms with Crippen molar-refractivity contribution in [3.63, 3.8) is 0 Å². The highest BCUT2D eigenvalue weighted by atomic mass is 16.5. The molecule has 0 radical (unpaired) electrons. The number of aryl methyl sites for hydroxylation is 1. The molecular formula is C18H24N4O2. The van der Waals surface area contributed by atoms with Crippen LogP contribution in [0.1, 0.15) is 36.0 Å². The first-order valence-corrected chi connectivity index (χ1v) is 8.42. The fourth-order valence-electron chi connectivity index (χ4n) is 3.04. The zero-order valence-electron chi connectivity index (χ0n) is 14.3. The topological polar surface area (TPSA) is 59.4 Å². The third-order valence-electron chi connectivity index (χ3n) is 4.39. The molecule has 6 nitrogen and oxygen atoms in total. The summed E-state index contributed by atoms with van der Waals surface area (Å²) in [6.45, 7) is 2.19. The summed E-state index contributed by atoms with van der Waals surface area (Å²) in [7, 11) is 3.34. The molecule has 1 amide bonds. The molecule has 1 aliphatic rings. The lowest BCUT2D eigenvalue weighted by Crippen LogP contribution is -2.23. The van der Waals surface area contributed by atoms with Gasteiger partial charge in [-0.25, -0.2) is 4.68 Å². The highest BCUT2D eigenvalue weighted by Gasteiger charge is 2.13. The van der Waals surface area contributed by atoms with Crippen LogP contribution < -0.4 is 15.0 Å². The Morgan fingerprint density at radius 2 is 1.79 bits per heavy atom. The number of amides is 1. The first-order chi connectivity index (χ1) is 11.7. The van der Waals surface area contributed by atoms with Gasteiger partial charge in [-0.15, -0.1) is 0 Å². The maximum Gasteiger partial charge on any atom is 0.256 e. The van der Waals surface area contributed by atoms with Crippen molar-refractivity contribution in [2.45, 2.75) is 25.7 Å². The smallest absolute Gasteiger partial charge is 0.256 e. The first kappa shape index (κ1) is 16.4. The number of rotatable bonds is 4. The molecule has 0 bridgehead atoms. The summed E-state index contributed by atoms with van der Waals surface area (Å²) in [6, 6.07) is 9.49. The van der Waals surface area contributed by atoms with E-state index in [1.165, 1.54) is 31.4 Å². The van der Waals surface area contributed by atoms with Gasteiger partial charge in [-0.3, -0.25) is 4.79 Å². The van der Waals surface area contributed by atoms with Crippen molar-refractivity contribution in [2.75, 3.05) is 30.4 Å². The van der Waals surface area contributed by atoms with Gasteiger partial charge in [0.2, 0.25) is 5.88 Å². The standard InChI is InChI=1S/C18H24N4O2/c1-21-17(24-2)13-16(20-21)19-18(23)14-7-9-15(10-8-14)22-11-5-3-4-6-12-22/h7-10,13H,3-6,11-12H2,1-2H3,(H,19,20,23). The van der Waals surface area contributed by atoms with Crippen LogP contribution in [0.5, 0.6) is 5.88 Å². The van der Waals surface area contributed by atoms with Gasteiger partial charge >= 0.3 is 0 Å². The van der Waals surface area contributed by atoms with Crippen molar-refractivity contribution in [3.8, 4) is 5.88 Å². The maximum absolute atomic E-state index is 12.4. The molecule has 1 aromatic heterocycles. The minimum atomic E-state index is -0.168. The molecule has 1 aliphatic heterocycles. The van der Waals surface area contributed by atoms with Gasteiger partial charge in [-0.1, -0.05) is 12.8 Å². The Morgan fingerprint density at radius 1 is 1.12 bits per heavy atom. The summed E-state index contributed by atoms with van der Waals surface area (Å²) < 4.78 is 6.73. The Morgan fingerprint density at radius 3 is 2.38 bits per heavy atom. The highest BCUT2D eigenvalue weighted by molar-refractivity contribution is 6.04. The average molecular weight is 328 g/mol. The first-order valence-electron chi connectivity index (χ1n) is 8.42. The van der Waals surface area contributed by atoms with Crippen molar-refractivity contribution in [2.24, 2.45) is 7.05 Å². The summed E-state index contributed by atoms with van der Waals surface area (Å²) in [5, 5.41) is 7.00. The molecule has 6 heteroatoms. The number of carbonyl (C=O) groups is 1. The Labute approximate surface area is 142 Å². The van der Waals surface area contributed by atoms with Crippen molar-refractivity contribution >= 4 is 17.4 Å². The minimum absolute atomic E-state index is 0.168. The zero-order chi connectivity index (χ0) is 16.9. The molecule has 0 aliphatic carbocycles. The number of aromatic nitrogens is 2. The van der Waals surface area contributed by atoms with Crippen molar-refractivity contribution in [1.82, 2.24) is 9.78 Å². The van der Waals surface area contributed by atoms with E-state index in [1.807, 2.05) is 24.3 Å². The van der Waals surface area contributed by atoms with Crippen LogP contribution in [-0.4, -0.2) is 35.9 Å². The van der Waals surface area contributed by atoms with Crippen LogP contribution in [0.15, 0.2) is 30.3 Å². The van der Waals surface area contributed by atoms with Crippen LogP contribution in [0.4, 0.5) is 11.5 Å². The maximum atomic E-state index is 12.4. The van der Waals surface area contributed by atoms with Crippen LogP contribution in [0.25, 0.3) is 0 Å². The van der Waals surface area contributed by atoms with Gasteiger partial charge in [-0.05, 0) is 37.1 Å². The molecule has 1 fully saturated rings. The third-order valence-corrected chi connectivity index (χ3v) is 4.39. The van der Waals surface area contributed by atoms with Gasteiger partial charge < -0.3 is 15.0 Å². The largest absolute Gasteiger partial charge is 0.481 e. The molecule has 0 atom stereocenters. The van der Waals surface area contributed by atoms with E-state index in [4.69, 9.17) is 4.74 Å². The number of nitrogens with one attached hydrogen (secondary N) is 1. The van der Waals surface area contributed by atoms with E-state index >= 15 is 0 Å². The molecule has 0 saturated carbocycles. The number of ether oxygens (including phenoxy) is 1. The van der Waals surface area contributed by atoms with Gasteiger partial charge in [0.25, 0.3) is 5.91 Å². The zero-order valence-corrected chi connectivity index (χ0v) is 14.3. The van der Waals surface area contributed by atoms with E-state index in [1.54, 1.807) is 24.9 Å². The van der Waals surface area contributed by atoms with Crippen LogP contribution >= 0.6 is 0 Å². The Bertz CT molecular complexity index is 686. The molecule has 3 rings (SSSR count). The summed E-state index contributed by atoms with van der Waals surface area (Å²) in [5.41, 5.74) is 1.81. The second-order valence-corrected chi connectivity index (χ2v) is 6.10. The summed E-state index contributed by atoms with van der Waals surface area (Å²) in [4.78, 5) is 14.8. The third kappa shape index (κ3) is 3.69. The predicted octanol–water partition coefficient (Wildman–Crippen LogP) is 3.06. The molecule has 128 valence electrons. The molecule has 1 aromatic carbocycles. The van der Waals surface area contributed by atoms with E-state index in [9.17, 15) is 4.79 Å². The van der Waals surface area contributed by atoms with Crippen molar-refractivity contribution < 1.29 is 9.53 Å². The lowest BCUT2D eigenvalue weighted by molar-refractivity contribution is 0.102. The van der Waals surface area contributed by atoms with Gasteiger partial charge in [0, 0.05) is 37.5 Å². The van der Waals surface area contributed by atoms with Gasteiger partial charge in [0.1, 0.15) is 0 Å². The molecule has 24 heavy (non-hydrogen) atoms. The van der Waals surface area contributed by atoms with Gasteiger partial charge in [-0.2, -0.15) is 5.10 Å². The van der Waals surface area contributed by atoms with E-state index in [0.29, 0.717) is 17.3 Å². The van der Waals surface area contributed by atoms with Crippen LogP contribution in [0.3, 0.4) is 0 Å². The summed E-state index contributed by atoms with van der Waals surface area (Å²) >= 11 is 0. The number of benzene rings is 1. The number of methoxy groups -OCH3 is 1. The molecule has 0 spiro atoms. The van der Waals surface area contributed by atoms with Crippen molar-refractivity contribution in [1.29, 1.82) is 0 Å². The molecule has 1 saturated heterocycles. The number of nitrogens with zero attached hydrogens (tertiary/aromatic N) is 3. The Hall–Kier alpha value is -2.50. The van der Waals surface area contributed by atoms with E-state index in [-0.39, 0.29) is 5.91 Å². The van der Waals surface area contributed by atoms with Crippen molar-refractivity contribution in [3.05, 3.63) is 35.9 Å². The second kappa shape index (κ2) is 7.38. The lowest BCUT2D eigenvalue weighted by atomic mass is 10.1. The number of hydrogen-bond donors (Lipinski definition) is 1. The Kier molecular flexibility index (Phi) is 5.03. The molecule has 0 unspecified atom stereocenters. The number of anilines is 2. The SMILES string of the molecule is COc1cc(NC(=O)c2ccc(N3CCCCCC3)cc2)nn1C. The van der Waals surface area contributed by atoms with Crippen LogP contribution in [0.2, 0.25) is 0 Å². The molecule has 1 N–H and O–H groups in total. The normalized spacial score (nSPS) is 15.0. The van der Waals surface area contributed by atoms with Crippen LogP contribution in [0, 0.1) is 0 Å². The predicted molar refractivity (Wildman–Crippen MR) is 94.8 cm³/mol. The molecule has 2 heterocycles. The fourth-order valence-corrected chi connectivity index (χ4v) is 3.04. The number of carbonyl (C=O) groups excluding carboxylic acids is 1. The summed E-state index contributed by atoms with van der Waals surface area (Å²) in [6.07, 6.45) is 5.10. The Balaban J connectivity index is 1.66. The quantitative estimate of drug-likeness (QED) is 0.937. The lowest BCUT2D eigenvalue weighted by Gasteiger charge is -2.22. The second-order valence-electron chi connectivity index (χ2n) is 6.10. The summed E-state index contributed by atoms with van der Waals surface area (Å²) in [5.74, 6) is 0.913. The van der Waals surface area contributed by atoms with E-state index in [0.717, 1.165) is 13.1 Å². The minimum Gasteiger partial charge on any atom is -0.481 e. The monoisotopic (exact) mass is 328 g/mol.